The molecule has 1 aromatic rings. The average molecular weight is 234 g/mol. The average Bonchev–Trinajstić information content (AvgIpc) is 2.34. The minimum atomic E-state index is -0.942. The van der Waals surface area contributed by atoms with Gasteiger partial charge in [-0.05, 0) is 30.5 Å². The van der Waals surface area contributed by atoms with Gasteiger partial charge in [0.05, 0.1) is 12.7 Å². The number of hydrogen-bond donors (Lipinski definition) is 1. The van der Waals surface area contributed by atoms with Gasteiger partial charge in [-0.15, -0.1) is 0 Å². The summed E-state index contributed by atoms with van der Waals surface area (Å²) < 4.78 is 5.64. The van der Waals surface area contributed by atoms with Gasteiger partial charge in [-0.1, -0.05) is 31.2 Å². The van der Waals surface area contributed by atoms with Gasteiger partial charge in [0.2, 0.25) is 0 Å². The summed E-state index contributed by atoms with van der Waals surface area (Å²) in [7, 11) is 0. The molecule has 1 N–H and O–H groups in total. The minimum Gasteiger partial charge on any atom is -0.478 e. The Balaban J connectivity index is 2.74. The minimum absolute atomic E-state index is 0.214. The zero-order valence-electron chi connectivity index (χ0n) is 10.2. The molecule has 0 aliphatic rings. The van der Waals surface area contributed by atoms with E-state index in [9.17, 15) is 4.79 Å². The zero-order valence-corrected chi connectivity index (χ0v) is 10.2. The Morgan fingerprint density at radius 3 is 2.82 bits per heavy atom. The van der Waals surface area contributed by atoms with E-state index in [1.807, 2.05) is 31.2 Å². The highest BCUT2D eigenvalue weighted by Crippen LogP contribution is 2.13. The Morgan fingerprint density at radius 2 is 2.18 bits per heavy atom. The highest BCUT2D eigenvalue weighted by molar-refractivity contribution is 5.85. The van der Waals surface area contributed by atoms with Crippen molar-refractivity contribution in [1.82, 2.24) is 0 Å². The molecule has 0 fully saturated rings. The summed E-state index contributed by atoms with van der Waals surface area (Å²) in [5, 5.41) is 8.60. The Bertz CT molecular complexity index is 396. The molecule has 92 valence electrons. The summed E-state index contributed by atoms with van der Waals surface area (Å²) in [6.45, 7) is 4.60. The second-order valence-electron chi connectivity index (χ2n) is 3.90. The van der Waals surface area contributed by atoms with Gasteiger partial charge >= 0.3 is 5.97 Å². The SMILES string of the molecule is CCC(C)OCc1ccccc1C=CC(=O)O. The van der Waals surface area contributed by atoms with Crippen LogP contribution in [0.4, 0.5) is 0 Å². The molecule has 1 unspecified atom stereocenters. The molecule has 0 heterocycles. The fraction of sp³-hybridized carbons (Fsp3) is 0.357. The van der Waals surface area contributed by atoms with Crippen molar-refractivity contribution >= 4 is 12.0 Å². The number of carbonyl (C=O) groups is 1. The summed E-state index contributed by atoms with van der Waals surface area (Å²) in [5.41, 5.74) is 1.89. The lowest BCUT2D eigenvalue weighted by Gasteiger charge is -2.12. The molecule has 1 aromatic carbocycles. The zero-order chi connectivity index (χ0) is 12.7. The van der Waals surface area contributed by atoms with E-state index in [0.717, 1.165) is 23.6 Å². The molecule has 0 aromatic heterocycles. The van der Waals surface area contributed by atoms with Crippen molar-refractivity contribution in [2.24, 2.45) is 0 Å². The first-order valence-electron chi connectivity index (χ1n) is 5.74. The number of carboxylic acids is 1. The van der Waals surface area contributed by atoms with Crippen molar-refractivity contribution < 1.29 is 14.6 Å². The van der Waals surface area contributed by atoms with Crippen LogP contribution < -0.4 is 0 Å². The second kappa shape index (κ2) is 6.86. The van der Waals surface area contributed by atoms with E-state index < -0.39 is 5.97 Å². The van der Waals surface area contributed by atoms with Gasteiger partial charge in [-0.3, -0.25) is 0 Å². The van der Waals surface area contributed by atoms with Gasteiger partial charge in [-0.2, -0.15) is 0 Å². The van der Waals surface area contributed by atoms with Crippen LogP contribution in [0.1, 0.15) is 31.4 Å². The molecule has 3 heteroatoms. The largest absolute Gasteiger partial charge is 0.478 e. The molecule has 0 spiro atoms. The van der Waals surface area contributed by atoms with E-state index in [4.69, 9.17) is 9.84 Å². The smallest absolute Gasteiger partial charge is 0.328 e. The number of carboxylic acid groups (broad SMARTS) is 1. The lowest BCUT2D eigenvalue weighted by atomic mass is 10.1. The Labute approximate surface area is 102 Å². The first kappa shape index (κ1) is 13.5. The van der Waals surface area contributed by atoms with Crippen molar-refractivity contribution in [2.45, 2.75) is 33.0 Å². The number of benzene rings is 1. The lowest BCUT2D eigenvalue weighted by molar-refractivity contribution is -0.131. The van der Waals surface area contributed by atoms with E-state index in [1.54, 1.807) is 6.08 Å². The molecule has 0 aliphatic carbocycles. The molecular weight excluding hydrogens is 216 g/mol. The summed E-state index contributed by atoms with van der Waals surface area (Å²) in [6, 6.07) is 7.64. The predicted molar refractivity (Wildman–Crippen MR) is 67.7 cm³/mol. The highest BCUT2D eigenvalue weighted by Gasteiger charge is 2.02. The standard InChI is InChI=1S/C14H18O3/c1-3-11(2)17-10-13-7-5-4-6-12(13)8-9-14(15)16/h4-9,11H,3,10H2,1-2H3,(H,15,16). The molecule has 17 heavy (non-hydrogen) atoms. The van der Waals surface area contributed by atoms with Gasteiger partial charge in [0, 0.05) is 6.08 Å². The van der Waals surface area contributed by atoms with Crippen molar-refractivity contribution in [1.29, 1.82) is 0 Å². The van der Waals surface area contributed by atoms with E-state index in [2.05, 4.69) is 6.92 Å². The molecule has 0 aliphatic heterocycles. The third-order valence-electron chi connectivity index (χ3n) is 2.56. The van der Waals surface area contributed by atoms with Gasteiger partial charge < -0.3 is 9.84 Å². The number of hydrogen-bond acceptors (Lipinski definition) is 2. The Morgan fingerprint density at radius 1 is 1.47 bits per heavy atom. The van der Waals surface area contributed by atoms with Gasteiger partial charge in [0.15, 0.2) is 0 Å². The van der Waals surface area contributed by atoms with E-state index in [1.165, 1.54) is 0 Å². The first-order chi connectivity index (χ1) is 8.13. The van der Waals surface area contributed by atoms with Crippen molar-refractivity contribution in [2.75, 3.05) is 0 Å². The summed E-state index contributed by atoms with van der Waals surface area (Å²) in [6.07, 6.45) is 3.92. The van der Waals surface area contributed by atoms with Crippen LogP contribution in [0.15, 0.2) is 30.3 Å². The molecule has 1 rings (SSSR count). The maximum Gasteiger partial charge on any atom is 0.328 e. The van der Waals surface area contributed by atoms with Crippen LogP contribution in [0.3, 0.4) is 0 Å². The molecule has 0 saturated carbocycles. The van der Waals surface area contributed by atoms with Crippen molar-refractivity contribution in [3.8, 4) is 0 Å². The molecule has 0 bridgehead atoms. The quantitative estimate of drug-likeness (QED) is 0.769. The highest BCUT2D eigenvalue weighted by atomic mass is 16.5. The van der Waals surface area contributed by atoms with Gasteiger partial charge in [0.25, 0.3) is 0 Å². The van der Waals surface area contributed by atoms with Crippen LogP contribution >= 0.6 is 0 Å². The maximum atomic E-state index is 10.5. The van der Waals surface area contributed by atoms with Crippen LogP contribution in [0, 0.1) is 0 Å². The van der Waals surface area contributed by atoms with Crippen LogP contribution in [0.5, 0.6) is 0 Å². The van der Waals surface area contributed by atoms with Crippen LogP contribution in [0.2, 0.25) is 0 Å². The van der Waals surface area contributed by atoms with Gasteiger partial charge in [0.1, 0.15) is 0 Å². The maximum absolute atomic E-state index is 10.5. The third kappa shape index (κ3) is 4.83. The summed E-state index contributed by atoms with van der Waals surface area (Å²) in [4.78, 5) is 10.5. The molecule has 3 nitrogen and oxygen atoms in total. The molecule has 0 saturated heterocycles. The third-order valence-corrected chi connectivity index (χ3v) is 2.56. The first-order valence-corrected chi connectivity index (χ1v) is 5.74. The summed E-state index contributed by atoms with van der Waals surface area (Å²) >= 11 is 0. The second-order valence-corrected chi connectivity index (χ2v) is 3.90. The molecule has 1 atom stereocenters. The number of ether oxygens (including phenoxy) is 1. The lowest BCUT2D eigenvalue weighted by Crippen LogP contribution is -2.06. The fourth-order valence-corrected chi connectivity index (χ4v) is 1.34. The van der Waals surface area contributed by atoms with Crippen LogP contribution in [0.25, 0.3) is 6.08 Å². The van der Waals surface area contributed by atoms with E-state index in [-0.39, 0.29) is 6.10 Å². The molecular formula is C14H18O3. The van der Waals surface area contributed by atoms with Crippen molar-refractivity contribution in [3.05, 3.63) is 41.5 Å². The summed E-state index contributed by atoms with van der Waals surface area (Å²) in [5.74, 6) is -0.942. The fourth-order valence-electron chi connectivity index (χ4n) is 1.34. The normalized spacial score (nSPS) is 12.8. The van der Waals surface area contributed by atoms with E-state index in [0.29, 0.717) is 6.61 Å². The number of aliphatic carboxylic acids is 1. The molecule has 0 radical (unpaired) electrons. The van der Waals surface area contributed by atoms with Crippen LogP contribution in [-0.4, -0.2) is 17.2 Å². The Hall–Kier alpha value is -1.61. The molecule has 0 amide bonds. The predicted octanol–water partition coefficient (Wildman–Crippen LogP) is 3.10. The van der Waals surface area contributed by atoms with E-state index >= 15 is 0 Å². The topological polar surface area (TPSA) is 46.5 Å². The number of rotatable bonds is 6. The monoisotopic (exact) mass is 234 g/mol. The van der Waals surface area contributed by atoms with Gasteiger partial charge in [-0.25, -0.2) is 4.79 Å². The Kier molecular flexibility index (Phi) is 5.43. The van der Waals surface area contributed by atoms with Crippen LogP contribution in [-0.2, 0) is 16.1 Å². The van der Waals surface area contributed by atoms with Crippen molar-refractivity contribution in [3.63, 3.8) is 0 Å².